The van der Waals surface area contributed by atoms with Gasteiger partial charge >= 0.3 is 10.4 Å². The fourth-order valence-electron chi connectivity index (χ4n) is 0.691. The van der Waals surface area contributed by atoms with Gasteiger partial charge in [-0.1, -0.05) is 6.92 Å². The molecule has 1 atom stereocenters. The normalized spacial score (nSPS) is 13.6. The first-order valence-electron chi connectivity index (χ1n) is 4.41. The second-order valence-corrected chi connectivity index (χ2v) is 4.09. The zero-order valence-corrected chi connectivity index (χ0v) is 10.3. The lowest BCUT2D eigenvalue weighted by Crippen LogP contribution is -2.36. The van der Waals surface area contributed by atoms with Crippen LogP contribution in [0.1, 0.15) is 13.3 Å². The molecule has 0 radical (unpaired) electrons. The minimum Gasteiger partial charge on any atom is -0.378 e. The second kappa shape index (κ2) is 8.82. The van der Waals surface area contributed by atoms with Gasteiger partial charge in [-0.25, -0.2) is 0 Å². The van der Waals surface area contributed by atoms with Crippen LogP contribution in [-0.2, 0) is 14.6 Å². The third kappa shape index (κ3) is 13.7. The van der Waals surface area contributed by atoms with Gasteiger partial charge in [-0.15, -0.1) is 0 Å². The topological polar surface area (TPSA) is 128 Å². The van der Waals surface area contributed by atoms with Gasteiger partial charge in [0, 0.05) is 0 Å². The van der Waals surface area contributed by atoms with Crippen molar-refractivity contribution in [2.45, 2.75) is 25.9 Å². The summed E-state index contributed by atoms with van der Waals surface area (Å²) < 4.78 is 29.7. The van der Waals surface area contributed by atoms with Crippen LogP contribution >= 0.6 is 0 Å². The number of nitrogens with zero attached hydrogens (tertiary/aromatic N) is 1. The Balaban J connectivity index is 0. The van der Waals surface area contributed by atoms with E-state index in [0.717, 1.165) is 7.11 Å². The minimum absolute atomic E-state index is 0.0784. The SMILES string of the molecule is CCC(O)N(C)CC(O)O.COS(=O)(=O)O. The van der Waals surface area contributed by atoms with Gasteiger partial charge in [0.25, 0.3) is 0 Å². The van der Waals surface area contributed by atoms with Gasteiger partial charge in [-0.05, 0) is 13.5 Å². The highest BCUT2D eigenvalue weighted by molar-refractivity contribution is 7.80. The van der Waals surface area contributed by atoms with E-state index in [1.807, 2.05) is 6.92 Å². The quantitative estimate of drug-likeness (QED) is 0.344. The molecule has 0 heterocycles. The highest BCUT2D eigenvalue weighted by atomic mass is 32.3. The van der Waals surface area contributed by atoms with Crippen molar-refractivity contribution in [3.05, 3.63) is 0 Å². The third-order valence-corrected chi connectivity index (χ3v) is 1.96. The summed E-state index contributed by atoms with van der Waals surface area (Å²) in [5.41, 5.74) is 0. The van der Waals surface area contributed by atoms with Crippen LogP contribution in [0.25, 0.3) is 0 Å². The van der Waals surface area contributed by atoms with Gasteiger partial charge < -0.3 is 15.3 Å². The van der Waals surface area contributed by atoms with E-state index < -0.39 is 22.9 Å². The summed E-state index contributed by atoms with van der Waals surface area (Å²) >= 11 is 0. The molecule has 9 heteroatoms. The van der Waals surface area contributed by atoms with Crippen molar-refractivity contribution in [2.75, 3.05) is 20.7 Å². The van der Waals surface area contributed by atoms with Gasteiger partial charge in [-0.3, -0.25) is 13.6 Å². The maximum Gasteiger partial charge on any atom is 0.397 e. The van der Waals surface area contributed by atoms with E-state index in [-0.39, 0.29) is 6.54 Å². The number of aliphatic hydroxyl groups excluding tert-OH is 2. The number of rotatable bonds is 5. The molecule has 0 spiro atoms. The monoisotopic (exact) mass is 261 g/mol. The molecule has 100 valence electrons. The highest BCUT2D eigenvalue weighted by Crippen LogP contribution is 1.96. The van der Waals surface area contributed by atoms with Crippen molar-refractivity contribution < 1.29 is 32.5 Å². The average Bonchev–Trinajstić information content (AvgIpc) is 2.15. The Hall–Kier alpha value is -0.290. The molecule has 0 rings (SSSR count). The summed E-state index contributed by atoms with van der Waals surface area (Å²) in [6, 6.07) is 0. The third-order valence-electron chi connectivity index (χ3n) is 1.54. The second-order valence-electron chi connectivity index (χ2n) is 2.90. The van der Waals surface area contributed by atoms with Crippen LogP contribution in [0.15, 0.2) is 0 Å². The largest absolute Gasteiger partial charge is 0.397 e. The summed E-state index contributed by atoms with van der Waals surface area (Å²) in [6.07, 6.45) is -1.36. The molecule has 0 bridgehead atoms. The van der Waals surface area contributed by atoms with Gasteiger partial charge in [-0.2, -0.15) is 8.42 Å². The van der Waals surface area contributed by atoms with Gasteiger partial charge in [0.1, 0.15) is 6.23 Å². The molecule has 4 N–H and O–H groups in total. The van der Waals surface area contributed by atoms with E-state index in [1.54, 1.807) is 7.05 Å². The van der Waals surface area contributed by atoms with E-state index in [9.17, 15) is 8.42 Å². The van der Waals surface area contributed by atoms with Crippen LogP contribution in [0.4, 0.5) is 0 Å². The predicted octanol–water partition coefficient (Wildman–Crippen LogP) is -1.61. The van der Waals surface area contributed by atoms with Crippen LogP contribution in [0.5, 0.6) is 0 Å². The summed E-state index contributed by atoms with van der Waals surface area (Å²) in [4.78, 5) is 1.48. The maximum absolute atomic E-state index is 9.33. The fraction of sp³-hybridized carbons (Fsp3) is 1.00. The Kier molecular flexibility index (Phi) is 9.96. The summed E-state index contributed by atoms with van der Waals surface area (Å²) in [6.45, 7) is 1.90. The summed E-state index contributed by atoms with van der Waals surface area (Å²) in [5.74, 6) is 0. The first-order chi connectivity index (χ1) is 7.14. The van der Waals surface area contributed by atoms with Crippen molar-refractivity contribution in [3.8, 4) is 0 Å². The zero-order valence-electron chi connectivity index (χ0n) is 9.44. The van der Waals surface area contributed by atoms with Gasteiger partial charge in [0.2, 0.25) is 0 Å². The average molecular weight is 261 g/mol. The van der Waals surface area contributed by atoms with Crippen molar-refractivity contribution in [1.29, 1.82) is 0 Å². The first kappa shape index (κ1) is 18.1. The number of likely N-dealkylation sites (N-methyl/N-ethyl adjacent to an activating group) is 1. The van der Waals surface area contributed by atoms with Gasteiger partial charge in [0.05, 0.1) is 13.7 Å². The summed E-state index contributed by atoms with van der Waals surface area (Å²) in [5, 5.41) is 26.0. The molecule has 0 aliphatic heterocycles. The fourth-order valence-corrected chi connectivity index (χ4v) is 0.691. The molecule has 0 saturated carbocycles. The van der Waals surface area contributed by atoms with Crippen LogP contribution in [-0.4, -0.2) is 66.4 Å². The van der Waals surface area contributed by atoms with Crippen LogP contribution in [0, 0.1) is 0 Å². The Labute approximate surface area is 95.0 Å². The predicted molar refractivity (Wildman–Crippen MR) is 55.7 cm³/mol. The Morgan fingerprint density at radius 2 is 1.69 bits per heavy atom. The molecule has 1 unspecified atom stereocenters. The molecule has 0 aromatic heterocycles. The molecule has 0 aromatic carbocycles. The molecule has 0 amide bonds. The van der Waals surface area contributed by atoms with Crippen molar-refractivity contribution in [3.63, 3.8) is 0 Å². The van der Waals surface area contributed by atoms with Crippen LogP contribution in [0.2, 0.25) is 0 Å². The van der Waals surface area contributed by atoms with E-state index >= 15 is 0 Å². The van der Waals surface area contributed by atoms with E-state index in [1.165, 1.54) is 4.90 Å². The Morgan fingerprint density at radius 3 is 1.88 bits per heavy atom. The molecular formula is C7H19NO7S. The minimum atomic E-state index is -4.16. The molecule has 8 nitrogen and oxygen atoms in total. The molecule has 0 saturated heterocycles. The Morgan fingerprint density at radius 1 is 1.31 bits per heavy atom. The molecule has 0 aromatic rings. The number of hydrogen-bond acceptors (Lipinski definition) is 7. The van der Waals surface area contributed by atoms with Crippen molar-refractivity contribution >= 4 is 10.4 Å². The highest BCUT2D eigenvalue weighted by Gasteiger charge is 2.10. The van der Waals surface area contributed by atoms with Crippen LogP contribution in [0.3, 0.4) is 0 Å². The summed E-state index contributed by atoms with van der Waals surface area (Å²) in [7, 11) is -1.66. The molecule has 0 aliphatic carbocycles. The smallest absolute Gasteiger partial charge is 0.378 e. The maximum atomic E-state index is 9.33. The zero-order chi connectivity index (χ0) is 13.4. The van der Waals surface area contributed by atoms with Crippen molar-refractivity contribution in [2.24, 2.45) is 0 Å². The van der Waals surface area contributed by atoms with E-state index in [4.69, 9.17) is 19.9 Å². The number of aliphatic hydroxyl groups is 3. The van der Waals surface area contributed by atoms with Crippen LogP contribution < -0.4 is 0 Å². The number of hydrogen-bond donors (Lipinski definition) is 4. The molecule has 16 heavy (non-hydrogen) atoms. The lowest BCUT2D eigenvalue weighted by atomic mass is 10.4. The standard InChI is InChI=1S/C6H15NO3.CH4O4S/c1-3-5(8)7(2)4-6(9)10;1-5-6(2,3)4/h5-6,8-10H,3-4H2,1-2H3;1H3,(H,2,3,4). The molecular weight excluding hydrogens is 242 g/mol. The van der Waals surface area contributed by atoms with E-state index in [0.29, 0.717) is 6.42 Å². The molecule has 0 aliphatic rings. The van der Waals surface area contributed by atoms with Crippen molar-refractivity contribution in [1.82, 2.24) is 4.90 Å². The first-order valence-corrected chi connectivity index (χ1v) is 5.78. The lowest BCUT2D eigenvalue weighted by Gasteiger charge is -2.22. The van der Waals surface area contributed by atoms with Gasteiger partial charge in [0.15, 0.2) is 6.29 Å². The van der Waals surface area contributed by atoms with E-state index in [2.05, 4.69) is 4.18 Å². The molecule has 0 fully saturated rings. The lowest BCUT2D eigenvalue weighted by molar-refractivity contribution is -0.0891. The Bertz CT molecular complexity index is 253.